The molecule has 3 heterocycles. The molecule has 2 N–H and O–H groups in total. The highest BCUT2D eigenvalue weighted by Gasteiger charge is 2.72. The minimum absolute atomic E-state index is 0.310. The first-order valence-electron chi connectivity index (χ1n) is 9.37. The second-order valence-electron chi connectivity index (χ2n) is 7.44. The average Bonchev–Trinajstić information content (AvgIpc) is 3.39. The molecule has 2 amide bonds. The van der Waals surface area contributed by atoms with Crippen LogP contribution in [0.4, 0.5) is 5.69 Å². The molecular formula is C21H23N2O5+. The van der Waals surface area contributed by atoms with Crippen LogP contribution in [0.25, 0.3) is 0 Å². The van der Waals surface area contributed by atoms with Gasteiger partial charge in [-0.25, -0.2) is 9.69 Å². The molecule has 28 heavy (non-hydrogen) atoms. The zero-order valence-corrected chi connectivity index (χ0v) is 16.0. The number of anilines is 1. The van der Waals surface area contributed by atoms with Crippen LogP contribution in [0.3, 0.4) is 0 Å². The fraction of sp³-hybridized carbons (Fsp3) is 0.381. The van der Waals surface area contributed by atoms with Crippen LogP contribution in [0, 0.1) is 18.8 Å². The summed E-state index contributed by atoms with van der Waals surface area (Å²) in [6.07, 6.45) is 1.89. The maximum Gasteiger partial charge on any atom is 0.368 e. The Morgan fingerprint density at radius 1 is 1.21 bits per heavy atom. The monoisotopic (exact) mass is 383 g/mol. The predicted octanol–water partition coefficient (Wildman–Crippen LogP) is 1.33. The standard InChI is InChI=1S/C21H22N2O5/c1-4-21(20(26)27-3)16-15(17(22-21)14-6-5-11-28-14)18(24)23(19(16)25)13-9-7-12(2)8-10-13/h5-11,15-17,22H,4H2,1-3H3/p+1/t15-,16-,17-,21-/m0/s1. The molecule has 0 spiro atoms. The number of methoxy groups -OCH3 is 1. The van der Waals surface area contributed by atoms with Gasteiger partial charge in [0, 0.05) is 6.42 Å². The molecule has 2 aromatic rings. The van der Waals surface area contributed by atoms with E-state index >= 15 is 0 Å². The van der Waals surface area contributed by atoms with Gasteiger partial charge >= 0.3 is 5.97 Å². The van der Waals surface area contributed by atoms with Gasteiger partial charge in [0.05, 0.1) is 19.1 Å². The fourth-order valence-corrected chi connectivity index (χ4v) is 4.68. The molecule has 4 rings (SSSR count). The molecule has 1 aromatic carbocycles. The summed E-state index contributed by atoms with van der Waals surface area (Å²) in [5.74, 6) is -2.10. The number of amides is 2. The molecular weight excluding hydrogens is 360 g/mol. The van der Waals surface area contributed by atoms with Gasteiger partial charge in [-0.15, -0.1) is 0 Å². The molecule has 0 bridgehead atoms. The number of rotatable bonds is 4. The molecule has 0 unspecified atom stereocenters. The number of nitrogens with two attached hydrogens (primary N) is 1. The van der Waals surface area contributed by atoms with Crippen LogP contribution in [0.1, 0.15) is 30.7 Å². The predicted molar refractivity (Wildman–Crippen MR) is 99.1 cm³/mol. The highest BCUT2D eigenvalue weighted by atomic mass is 16.5. The molecule has 0 radical (unpaired) electrons. The molecule has 2 fully saturated rings. The second-order valence-corrected chi connectivity index (χ2v) is 7.44. The normalized spacial score (nSPS) is 29.2. The van der Waals surface area contributed by atoms with E-state index < -0.39 is 29.4 Å². The number of hydrogen-bond donors (Lipinski definition) is 1. The van der Waals surface area contributed by atoms with Gasteiger partial charge in [0.1, 0.15) is 11.8 Å². The van der Waals surface area contributed by atoms with Crippen LogP contribution in [0.15, 0.2) is 47.1 Å². The Morgan fingerprint density at radius 2 is 1.93 bits per heavy atom. The summed E-state index contributed by atoms with van der Waals surface area (Å²) in [7, 11) is 1.31. The third-order valence-corrected chi connectivity index (χ3v) is 6.08. The number of nitrogens with zero attached hydrogens (tertiary/aromatic N) is 1. The highest BCUT2D eigenvalue weighted by Crippen LogP contribution is 2.46. The number of carbonyl (C=O) groups excluding carboxylic acids is 3. The summed E-state index contributed by atoms with van der Waals surface area (Å²) < 4.78 is 10.6. The van der Waals surface area contributed by atoms with E-state index in [9.17, 15) is 14.4 Å². The number of aryl methyl sites for hydroxylation is 1. The molecule has 7 nitrogen and oxygen atoms in total. The van der Waals surface area contributed by atoms with Crippen molar-refractivity contribution in [2.75, 3.05) is 12.0 Å². The summed E-state index contributed by atoms with van der Waals surface area (Å²) in [4.78, 5) is 40.8. The molecule has 1 aromatic heterocycles. The maximum atomic E-state index is 13.4. The van der Waals surface area contributed by atoms with Gasteiger partial charge in [-0.1, -0.05) is 24.6 Å². The Hall–Kier alpha value is -2.93. The maximum absolute atomic E-state index is 13.4. The lowest BCUT2D eigenvalue weighted by molar-refractivity contribution is -0.735. The van der Waals surface area contributed by atoms with Crippen molar-refractivity contribution in [3.8, 4) is 0 Å². The number of imide groups is 1. The number of quaternary nitrogens is 1. The number of esters is 1. The quantitative estimate of drug-likeness (QED) is 0.635. The van der Waals surface area contributed by atoms with Gasteiger partial charge in [0.2, 0.25) is 17.4 Å². The molecule has 2 saturated heterocycles. The third-order valence-electron chi connectivity index (χ3n) is 6.08. The number of fused-ring (bicyclic) bond motifs is 1. The number of ether oxygens (including phenoxy) is 1. The molecule has 0 aliphatic carbocycles. The van der Waals surface area contributed by atoms with Gasteiger partial charge in [-0.2, -0.15) is 0 Å². The molecule has 0 saturated carbocycles. The molecule has 2 aliphatic rings. The highest BCUT2D eigenvalue weighted by molar-refractivity contribution is 6.23. The summed E-state index contributed by atoms with van der Waals surface area (Å²) in [6, 6.07) is 10.3. The number of hydrogen-bond acceptors (Lipinski definition) is 5. The number of benzene rings is 1. The van der Waals surface area contributed by atoms with E-state index in [-0.39, 0.29) is 11.8 Å². The SMILES string of the molecule is CC[C@]1(C(=O)OC)[NH2+][C@@H](c2ccco2)[C@H]2C(=O)N(c3ccc(C)cc3)C(=O)[C@H]21. The molecule has 146 valence electrons. The minimum atomic E-state index is -1.16. The van der Waals surface area contributed by atoms with Gasteiger partial charge in [0.15, 0.2) is 11.8 Å². The van der Waals surface area contributed by atoms with Crippen molar-refractivity contribution in [2.24, 2.45) is 11.8 Å². The van der Waals surface area contributed by atoms with E-state index in [1.165, 1.54) is 18.3 Å². The molecule has 7 heteroatoms. The fourth-order valence-electron chi connectivity index (χ4n) is 4.68. The summed E-state index contributed by atoms with van der Waals surface area (Å²) in [6.45, 7) is 3.77. The van der Waals surface area contributed by atoms with E-state index in [1.807, 2.05) is 26.0 Å². The Kier molecular flexibility index (Phi) is 4.34. The lowest BCUT2D eigenvalue weighted by Gasteiger charge is -2.27. The van der Waals surface area contributed by atoms with Gasteiger partial charge in [-0.05, 0) is 31.2 Å². The third kappa shape index (κ3) is 2.43. The van der Waals surface area contributed by atoms with Gasteiger partial charge in [-0.3, -0.25) is 9.59 Å². The minimum Gasteiger partial charge on any atom is -0.464 e. The van der Waals surface area contributed by atoms with Crippen molar-refractivity contribution in [2.45, 2.75) is 31.8 Å². The molecule has 4 atom stereocenters. The Balaban J connectivity index is 1.84. The first kappa shape index (κ1) is 18.4. The van der Waals surface area contributed by atoms with Gasteiger partial charge < -0.3 is 14.5 Å². The Morgan fingerprint density at radius 3 is 2.50 bits per heavy atom. The lowest BCUT2D eigenvalue weighted by Crippen LogP contribution is -2.98. The lowest BCUT2D eigenvalue weighted by atomic mass is 9.78. The van der Waals surface area contributed by atoms with E-state index in [0.29, 0.717) is 17.9 Å². The summed E-state index contributed by atoms with van der Waals surface area (Å²) >= 11 is 0. The largest absolute Gasteiger partial charge is 0.464 e. The molecule has 2 aliphatic heterocycles. The van der Waals surface area contributed by atoms with Crippen LogP contribution in [0.2, 0.25) is 0 Å². The smallest absolute Gasteiger partial charge is 0.368 e. The Labute approximate surface area is 162 Å². The van der Waals surface area contributed by atoms with Crippen molar-refractivity contribution in [3.63, 3.8) is 0 Å². The van der Waals surface area contributed by atoms with E-state index in [4.69, 9.17) is 9.15 Å². The van der Waals surface area contributed by atoms with Crippen molar-refractivity contribution in [1.29, 1.82) is 0 Å². The van der Waals surface area contributed by atoms with Gasteiger partial charge in [0.25, 0.3) is 0 Å². The topological polar surface area (TPSA) is 93.4 Å². The van der Waals surface area contributed by atoms with Crippen LogP contribution in [0.5, 0.6) is 0 Å². The van der Waals surface area contributed by atoms with E-state index in [0.717, 1.165) is 5.56 Å². The van der Waals surface area contributed by atoms with Crippen molar-refractivity contribution in [1.82, 2.24) is 0 Å². The van der Waals surface area contributed by atoms with Crippen LogP contribution in [-0.2, 0) is 19.1 Å². The van der Waals surface area contributed by atoms with E-state index in [1.54, 1.807) is 29.6 Å². The zero-order chi connectivity index (χ0) is 20.1. The van der Waals surface area contributed by atoms with Crippen LogP contribution in [-0.4, -0.2) is 30.4 Å². The van der Waals surface area contributed by atoms with Crippen LogP contribution >= 0.6 is 0 Å². The van der Waals surface area contributed by atoms with Crippen molar-refractivity contribution in [3.05, 3.63) is 54.0 Å². The van der Waals surface area contributed by atoms with Crippen molar-refractivity contribution < 1.29 is 28.9 Å². The summed E-state index contributed by atoms with van der Waals surface area (Å²) in [5, 5.41) is 1.79. The second kappa shape index (κ2) is 6.60. The average molecular weight is 383 g/mol. The number of furan rings is 1. The summed E-state index contributed by atoms with van der Waals surface area (Å²) in [5.41, 5.74) is 0.383. The number of carbonyl (C=O) groups is 3. The van der Waals surface area contributed by atoms with Crippen LogP contribution < -0.4 is 10.2 Å². The van der Waals surface area contributed by atoms with E-state index in [2.05, 4.69) is 0 Å². The van der Waals surface area contributed by atoms with Crippen molar-refractivity contribution >= 4 is 23.5 Å². The first-order valence-corrected chi connectivity index (χ1v) is 9.37. The first-order chi connectivity index (χ1) is 13.4. The zero-order valence-electron chi connectivity index (χ0n) is 16.0. The Bertz CT molecular complexity index is 921.